The highest BCUT2D eigenvalue weighted by molar-refractivity contribution is 6.62. The molecule has 1 atom stereocenters. The molecule has 1 amide bonds. The van der Waals surface area contributed by atoms with E-state index in [0.29, 0.717) is 12.1 Å². The van der Waals surface area contributed by atoms with Crippen molar-refractivity contribution < 1.29 is 23.2 Å². The molecule has 1 aromatic rings. The first-order chi connectivity index (χ1) is 12.3. The minimum absolute atomic E-state index is 0.0191. The summed E-state index contributed by atoms with van der Waals surface area (Å²) in [7, 11) is -0.531. The summed E-state index contributed by atoms with van der Waals surface area (Å²) in [6.45, 7) is 13.7. The van der Waals surface area contributed by atoms with Gasteiger partial charge in [-0.05, 0) is 65.1 Å². The van der Waals surface area contributed by atoms with Crippen LogP contribution in [-0.2, 0) is 20.6 Å². The van der Waals surface area contributed by atoms with E-state index >= 15 is 0 Å². The lowest BCUT2D eigenvalue weighted by atomic mass is 9.77. The first-order valence-corrected chi connectivity index (χ1v) is 9.39. The molecular weight excluding hydrogens is 348 g/mol. The average Bonchev–Trinajstić information content (AvgIpc) is 2.73. The van der Waals surface area contributed by atoms with Gasteiger partial charge in [-0.25, -0.2) is 9.18 Å². The molecule has 1 aromatic carbocycles. The van der Waals surface area contributed by atoms with Gasteiger partial charge in [0.25, 0.3) is 0 Å². The van der Waals surface area contributed by atoms with Crippen LogP contribution in [0.15, 0.2) is 18.2 Å². The van der Waals surface area contributed by atoms with Crippen molar-refractivity contribution >= 4 is 18.7 Å². The number of benzene rings is 1. The summed E-state index contributed by atoms with van der Waals surface area (Å²) in [5.41, 5.74) is 0.651. The maximum atomic E-state index is 14.9. The Bertz CT molecular complexity index is 728. The molecule has 0 aromatic heterocycles. The lowest BCUT2D eigenvalue weighted by Gasteiger charge is -2.33. The van der Waals surface area contributed by atoms with Crippen molar-refractivity contribution in [1.82, 2.24) is 4.90 Å². The van der Waals surface area contributed by atoms with Gasteiger partial charge < -0.3 is 18.9 Å². The number of fused-ring (bicyclic) bond motifs is 1. The zero-order valence-electron chi connectivity index (χ0n) is 17.3. The molecule has 1 fully saturated rings. The van der Waals surface area contributed by atoms with Crippen LogP contribution in [0.1, 0.15) is 65.8 Å². The van der Waals surface area contributed by atoms with Crippen LogP contribution in [0.5, 0.6) is 0 Å². The highest BCUT2D eigenvalue weighted by atomic mass is 19.1. The van der Waals surface area contributed by atoms with E-state index < -0.39 is 36.2 Å². The Balaban J connectivity index is 1.80. The molecule has 0 saturated carbocycles. The fourth-order valence-electron chi connectivity index (χ4n) is 3.20. The van der Waals surface area contributed by atoms with Crippen molar-refractivity contribution in [3.63, 3.8) is 0 Å². The van der Waals surface area contributed by atoms with Crippen LogP contribution < -0.4 is 5.46 Å². The number of hydrogen-bond donors (Lipinski definition) is 0. The van der Waals surface area contributed by atoms with Crippen molar-refractivity contribution in [3.8, 4) is 0 Å². The van der Waals surface area contributed by atoms with Crippen molar-refractivity contribution in [2.45, 2.75) is 78.0 Å². The molecule has 2 aliphatic rings. The Hall–Kier alpha value is -1.60. The van der Waals surface area contributed by atoms with E-state index in [-0.39, 0.29) is 6.54 Å². The Labute approximate surface area is 161 Å². The fraction of sp³-hybridized carbons (Fsp3) is 0.650. The van der Waals surface area contributed by atoms with Gasteiger partial charge in [-0.15, -0.1) is 0 Å². The van der Waals surface area contributed by atoms with Gasteiger partial charge in [-0.2, -0.15) is 0 Å². The van der Waals surface area contributed by atoms with E-state index in [1.807, 2.05) is 39.8 Å². The van der Waals surface area contributed by atoms with Gasteiger partial charge in [0, 0.05) is 6.54 Å². The number of halogens is 1. The summed E-state index contributed by atoms with van der Waals surface area (Å²) in [5, 5.41) is 0. The topological polar surface area (TPSA) is 48.0 Å². The van der Waals surface area contributed by atoms with Gasteiger partial charge in [0.2, 0.25) is 0 Å². The van der Waals surface area contributed by atoms with E-state index in [2.05, 4.69) is 0 Å². The molecular formula is C20H29BFNO4. The van der Waals surface area contributed by atoms with Gasteiger partial charge in [0.1, 0.15) is 11.8 Å². The molecule has 0 spiro atoms. The van der Waals surface area contributed by atoms with E-state index in [0.717, 1.165) is 11.0 Å². The molecule has 5 nitrogen and oxygen atoms in total. The standard InChI is InChI=1S/C20H29BFNO4/c1-18(2,3)25-17(24)23-11-13-8-9-14(10-15(13)16(22)12-23)21-26-19(4,5)20(6,7)27-21/h8-10,16H,11-12H2,1-7H3. The number of amides is 1. The monoisotopic (exact) mass is 377 g/mol. The third-order valence-electron chi connectivity index (χ3n) is 5.43. The molecule has 3 rings (SSSR count). The van der Waals surface area contributed by atoms with Gasteiger partial charge in [0.05, 0.1) is 17.7 Å². The van der Waals surface area contributed by atoms with Crippen LogP contribution in [0.4, 0.5) is 9.18 Å². The van der Waals surface area contributed by atoms with Crippen molar-refractivity contribution in [2.24, 2.45) is 0 Å². The summed E-state index contributed by atoms with van der Waals surface area (Å²) in [6.07, 6.45) is -1.77. The zero-order chi connectivity index (χ0) is 20.2. The summed E-state index contributed by atoms with van der Waals surface area (Å²) in [4.78, 5) is 13.7. The summed E-state index contributed by atoms with van der Waals surface area (Å²) >= 11 is 0. The largest absolute Gasteiger partial charge is 0.494 e. The third kappa shape index (κ3) is 3.99. The van der Waals surface area contributed by atoms with E-state index in [9.17, 15) is 9.18 Å². The molecule has 0 radical (unpaired) electrons. The molecule has 7 heteroatoms. The number of ether oxygens (including phenoxy) is 1. The predicted molar refractivity (Wildman–Crippen MR) is 103 cm³/mol. The maximum absolute atomic E-state index is 14.9. The average molecular weight is 377 g/mol. The van der Waals surface area contributed by atoms with E-state index in [1.165, 1.54) is 4.90 Å². The van der Waals surface area contributed by atoms with Crippen LogP contribution in [0.3, 0.4) is 0 Å². The Morgan fingerprint density at radius 1 is 1.22 bits per heavy atom. The zero-order valence-corrected chi connectivity index (χ0v) is 17.3. The van der Waals surface area contributed by atoms with Crippen LogP contribution >= 0.6 is 0 Å². The van der Waals surface area contributed by atoms with Crippen molar-refractivity contribution in [3.05, 3.63) is 29.3 Å². The van der Waals surface area contributed by atoms with Crippen LogP contribution in [0.2, 0.25) is 0 Å². The SMILES string of the molecule is CC(C)(C)OC(=O)N1Cc2ccc(B3OC(C)(C)C(C)(C)O3)cc2C(F)C1. The van der Waals surface area contributed by atoms with Gasteiger partial charge >= 0.3 is 13.2 Å². The highest BCUT2D eigenvalue weighted by Crippen LogP contribution is 2.37. The molecule has 148 valence electrons. The summed E-state index contributed by atoms with van der Waals surface area (Å²) < 4.78 is 32.4. The lowest BCUT2D eigenvalue weighted by molar-refractivity contribution is 0.00578. The Kier molecular flexibility index (Phi) is 4.84. The molecule has 0 aliphatic carbocycles. The molecule has 27 heavy (non-hydrogen) atoms. The normalized spacial score (nSPS) is 23.9. The second-order valence-electron chi connectivity index (χ2n) is 9.37. The Morgan fingerprint density at radius 2 is 1.81 bits per heavy atom. The van der Waals surface area contributed by atoms with Crippen molar-refractivity contribution in [1.29, 1.82) is 0 Å². The molecule has 1 saturated heterocycles. The number of carbonyl (C=O) groups is 1. The summed E-state index contributed by atoms with van der Waals surface area (Å²) in [6, 6.07) is 5.53. The number of hydrogen-bond acceptors (Lipinski definition) is 4. The highest BCUT2D eigenvalue weighted by Gasteiger charge is 2.51. The van der Waals surface area contributed by atoms with Crippen molar-refractivity contribution in [2.75, 3.05) is 6.54 Å². The third-order valence-corrected chi connectivity index (χ3v) is 5.43. The number of nitrogens with zero attached hydrogens (tertiary/aromatic N) is 1. The molecule has 1 unspecified atom stereocenters. The number of rotatable bonds is 1. The maximum Gasteiger partial charge on any atom is 0.494 e. The molecule has 2 heterocycles. The van der Waals surface area contributed by atoms with E-state index in [1.54, 1.807) is 26.8 Å². The first-order valence-electron chi connectivity index (χ1n) is 9.39. The second-order valence-corrected chi connectivity index (χ2v) is 9.37. The predicted octanol–water partition coefficient (Wildman–Crippen LogP) is 3.75. The van der Waals surface area contributed by atoms with Gasteiger partial charge in [-0.3, -0.25) is 0 Å². The second kappa shape index (κ2) is 6.48. The minimum atomic E-state index is -1.27. The summed E-state index contributed by atoms with van der Waals surface area (Å²) in [5.74, 6) is 0. The Morgan fingerprint density at radius 3 is 2.37 bits per heavy atom. The molecule has 0 bridgehead atoms. The van der Waals surface area contributed by atoms with E-state index in [4.69, 9.17) is 14.0 Å². The molecule has 0 N–H and O–H groups in total. The lowest BCUT2D eigenvalue weighted by Crippen LogP contribution is -2.42. The smallest absolute Gasteiger partial charge is 0.444 e. The minimum Gasteiger partial charge on any atom is -0.444 e. The first kappa shape index (κ1) is 20.1. The van der Waals surface area contributed by atoms with Crippen LogP contribution in [0.25, 0.3) is 0 Å². The van der Waals surface area contributed by atoms with Crippen LogP contribution in [-0.4, -0.2) is 41.5 Å². The number of carbonyl (C=O) groups excluding carboxylic acids is 1. The molecule has 2 aliphatic heterocycles. The van der Waals surface area contributed by atoms with Gasteiger partial charge in [0.15, 0.2) is 0 Å². The van der Waals surface area contributed by atoms with Crippen LogP contribution in [0, 0.1) is 0 Å². The number of alkyl halides is 1. The quantitative estimate of drug-likeness (QED) is 0.700. The van der Waals surface area contributed by atoms with Gasteiger partial charge in [-0.1, -0.05) is 18.2 Å². The fourth-order valence-corrected chi connectivity index (χ4v) is 3.20.